The van der Waals surface area contributed by atoms with Crippen LogP contribution >= 0.6 is 0 Å². The van der Waals surface area contributed by atoms with Crippen LogP contribution in [0.1, 0.15) is 15.9 Å². The molecule has 2 aromatic carbocycles. The predicted molar refractivity (Wildman–Crippen MR) is 82.1 cm³/mol. The van der Waals surface area contributed by atoms with Crippen LogP contribution in [-0.2, 0) is 6.54 Å². The van der Waals surface area contributed by atoms with Gasteiger partial charge in [0.2, 0.25) is 0 Å². The maximum atomic E-state index is 13.2. The molecule has 1 aromatic heterocycles. The number of hydrogen-bond donors (Lipinski definition) is 1. The number of amides is 1. The number of carbonyl (C=O) groups is 1. The number of nitrogens with zero attached hydrogens (tertiary/aromatic N) is 2. The SMILES string of the molecule is O=C(Nc1ccccc1Cn1cccn1)c1cccc(F)c1. The highest BCUT2D eigenvalue weighted by atomic mass is 19.1. The first-order valence-electron chi connectivity index (χ1n) is 6.84. The molecule has 110 valence electrons. The Morgan fingerprint density at radius 2 is 2.00 bits per heavy atom. The third kappa shape index (κ3) is 3.20. The van der Waals surface area contributed by atoms with E-state index in [0.717, 1.165) is 5.56 Å². The van der Waals surface area contributed by atoms with Gasteiger partial charge in [-0.25, -0.2) is 4.39 Å². The fraction of sp³-hybridized carbons (Fsp3) is 0.0588. The summed E-state index contributed by atoms with van der Waals surface area (Å²) in [5, 5.41) is 6.98. The summed E-state index contributed by atoms with van der Waals surface area (Å²) < 4.78 is 15.0. The van der Waals surface area contributed by atoms with Crippen LogP contribution < -0.4 is 5.32 Å². The van der Waals surface area contributed by atoms with Gasteiger partial charge in [-0.05, 0) is 35.9 Å². The van der Waals surface area contributed by atoms with E-state index in [4.69, 9.17) is 0 Å². The highest BCUT2D eigenvalue weighted by Gasteiger charge is 2.10. The van der Waals surface area contributed by atoms with Gasteiger partial charge in [-0.15, -0.1) is 0 Å². The Morgan fingerprint density at radius 1 is 1.14 bits per heavy atom. The molecule has 0 spiro atoms. The minimum atomic E-state index is -0.433. The van der Waals surface area contributed by atoms with Gasteiger partial charge in [-0.3, -0.25) is 9.48 Å². The lowest BCUT2D eigenvalue weighted by Gasteiger charge is -2.11. The maximum Gasteiger partial charge on any atom is 0.255 e. The molecule has 0 saturated carbocycles. The van der Waals surface area contributed by atoms with Crippen molar-refractivity contribution < 1.29 is 9.18 Å². The molecule has 1 heterocycles. The molecular formula is C17H14FN3O. The van der Waals surface area contributed by atoms with Gasteiger partial charge in [0.15, 0.2) is 0 Å². The second-order valence-corrected chi connectivity index (χ2v) is 4.83. The minimum absolute atomic E-state index is 0.286. The molecule has 5 heteroatoms. The summed E-state index contributed by atoms with van der Waals surface area (Å²) in [6, 6.07) is 14.9. The number of rotatable bonds is 4. The minimum Gasteiger partial charge on any atom is -0.322 e. The van der Waals surface area contributed by atoms with Crippen LogP contribution in [0.25, 0.3) is 0 Å². The number of para-hydroxylation sites is 1. The topological polar surface area (TPSA) is 46.9 Å². The quantitative estimate of drug-likeness (QED) is 0.802. The number of nitrogens with one attached hydrogen (secondary N) is 1. The molecule has 0 bridgehead atoms. The fourth-order valence-corrected chi connectivity index (χ4v) is 2.17. The van der Waals surface area contributed by atoms with E-state index in [2.05, 4.69) is 10.4 Å². The monoisotopic (exact) mass is 295 g/mol. The van der Waals surface area contributed by atoms with E-state index in [1.807, 2.05) is 36.5 Å². The molecule has 4 nitrogen and oxygen atoms in total. The van der Waals surface area contributed by atoms with Gasteiger partial charge in [-0.2, -0.15) is 5.10 Å². The third-order valence-corrected chi connectivity index (χ3v) is 3.24. The van der Waals surface area contributed by atoms with E-state index < -0.39 is 5.82 Å². The summed E-state index contributed by atoms with van der Waals surface area (Å²) in [5.74, 6) is -0.773. The zero-order valence-corrected chi connectivity index (χ0v) is 11.7. The molecule has 3 aromatic rings. The third-order valence-electron chi connectivity index (χ3n) is 3.24. The van der Waals surface area contributed by atoms with Crippen molar-refractivity contribution in [3.63, 3.8) is 0 Å². The smallest absolute Gasteiger partial charge is 0.255 e. The van der Waals surface area contributed by atoms with Gasteiger partial charge in [-0.1, -0.05) is 24.3 Å². The van der Waals surface area contributed by atoms with Crippen molar-refractivity contribution in [1.29, 1.82) is 0 Å². The summed E-state index contributed by atoms with van der Waals surface area (Å²) >= 11 is 0. The second-order valence-electron chi connectivity index (χ2n) is 4.83. The zero-order chi connectivity index (χ0) is 15.4. The number of anilines is 1. The van der Waals surface area contributed by atoms with Gasteiger partial charge in [0.05, 0.1) is 6.54 Å². The lowest BCUT2D eigenvalue weighted by Crippen LogP contribution is -2.14. The van der Waals surface area contributed by atoms with Crippen LogP contribution in [0.3, 0.4) is 0 Å². The van der Waals surface area contributed by atoms with Crippen molar-refractivity contribution in [1.82, 2.24) is 9.78 Å². The number of benzene rings is 2. The molecule has 0 atom stereocenters. The van der Waals surface area contributed by atoms with E-state index in [9.17, 15) is 9.18 Å². The van der Waals surface area contributed by atoms with Crippen LogP contribution in [0, 0.1) is 5.82 Å². The first kappa shape index (κ1) is 14.0. The predicted octanol–water partition coefficient (Wildman–Crippen LogP) is 3.32. The lowest BCUT2D eigenvalue weighted by molar-refractivity contribution is 0.102. The summed E-state index contributed by atoms with van der Waals surface area (Å²) in [5.41, 5.74) is 1.90. The second kappa shape index (κ2) is 6.22. The van der Waals surface area contributed by atoms with E-state index in [1.54, 1.807) is 16.9 Å². The van der Waals surface area contributed by atoms with E-state index in [0.29, 0.717) is 12.2 Å². The van der Waals surface area contributed by atoms with Crippen molar-refractivity contribution >= 4 is 11.6 Å². The largest absolute Gasteiger partial charge is 0.322 e. The zero-order valence-electron chi connectivity index (χ0n) is 11.7. The van der Waals surface area contributed by atoms with Crippen LogP contribution in [0.15, 0.2) is 67.0 Å². The molecule has 0 aliphatic heterocycles. The lowest BCUT2D eigenvalue weighted by atomic mass is 10.1. The molecule has 1 amide bonds. The van der Waals surface area contributed by atoms with E-state index >= 15 is 0 Å². The van der Waals surface area contributed by atoms with Crippen molar-refractivity contribution in [2.45, 2.75) is 6.54 Å². The van der Waals surface area contributed by atoms with Crippen molar-refractivity contribution in [2.24, 2.45) is 0 Å². The molecule has 0 aliphatic rings. The Hall–Kier alpha value is -2.95. The Bertz CT molecular complexity index is 784. The van der Waals surface area contributed by atoms with Crippen LogP contribution in [0.5, 0.6) is 0 Å². The van der Waals surface area contributed by atoms with Gasteiger partial charge >= 0.3 is 0 Å². The van der Waals surface area contributed by atoms with Crippen LogP contribution in [0.2, 0.25) is 0 Å². The van der Waals surface area contributed by atoms with Gasteiger partial charge < -0.3 is 5.32 Å². The summed E-state index contributed by atoms with van der Waals surface area (Å²) in [6.07, 6.45) is 3.55. The molecule has 3 rings (SSSR count). The average molecular weight is 295 g/mol. The number of carbonyl (C=O) groups excluding carboxylic acids is 1. The Morgan fingerprint density at radius 3 is 2.77 bits per heavy atom. The van der Waals surface area contributed by atoms with Gasteiger partial charge in [0.25, 0.3) is 5.91 Å². The normalized spacial score (nSPS) is 10.4. The van der Waals surface area contributed by atoms with Crippen molar-refractivity contribution in [3.05, 3.63) is 83.9 Å². The molecule has 0 unspecified atom stereocenters. The first-order chi connectivity index (χ1) is 10.7. The van der Waals surface area contributed by atoms with Gasteiger partial charge in [0, 0.05) is 23.6 Å². The number of aromatic nitrogens is 2. The van der Waals surface area contributed by atoms with Crippen molar-refractivity contribution in [3.8, 4) is 0 Å². The fourth-order valence-electron chi connectivity index (χ4n) is 2.17. The standard InChI is InChI=1S/C17H14FN3O/c18-15-7-3-6-13(11-15)17(22)20-16-8-2-1-5-14(16)12-21-10-4-9-19-21/h1-11H,12H2,(H,20,22). The molecule has 0 saturated heterocycles. The first-order valence-corrected chi connectivity index (χ1v) is 6.84. The Balaban J connectivity index is 1.81. The summed E-state index contributed by atoms with van der Waals surface area (Å²) in [7, 11) is 0. The summed E-state index contributed by atoms with van der Waals surface area (Å²) in [4.78, 5) is 12.2. The molecular weight excluding hydrogens is 281 g/mol. The highest BCUT2D eigenvalue weighted by molar-refractivity contribution is 6.04. The van der Waals surface area contributed by atoms with E-state index in [-0.39, 0.29) is 11.5 Å². The maximum absolute atomic E-state index is 13.2. The van der Waals surface area contributed by atoms with Gasteiger partial charge in [0.1, 0.15) is 5.82 Å². The Kier molecular flexibility index (Phi) is 3.96. The summed E-state index contributed by atoms with van der Waals surface area (Å²) in [6.45, 7) is 0.548. The molecule has 0 fully saturated rings. The number of hydrogen-bond acceptors (Lipinski definition) is 2. The van der Waals surface area contributed by atoms with Crippen LogP contribution in [-0.4, -0.2) is 15.7 Å². The molecule has 22 heavy (non-hydrogen) atoms. The molecule has 0 radical (unpaired) electrons. The molecule has 0 aliphatic carbocycles. The van der Waals surface area contributed by atoms with Crippen LogP contribution in [0.4, 0.5) is 10.1 Å². The highest BCUT2D eigenvalue weighted by Crippen LogP contribution is 2.17. The van der Waals surface area contributed by atoms with Crippen molar-refractivity contribution in [2.75, 3.05) is 5.32 Å². The number of halogens is 1. The molecule has 1 N–H and O–H groups in total. The average Bonchev–Trinajstić information content (AvgIpc) is 3.02. The van der Waals surface area contributed by atoms with E-state index in [1.165, 1.54) is 18.2 Å². The Labute approximate surface area is 127 Å².